The van der Waals surface area contributed by atoms with Crippen molar-refractivity contribution in [1.82, 2.24) is 9.97 Å². The van der Waals surface area contributed by atoms with Gasteiger partial charge in [-0.3, -0.25) is 0 Å². The van der Waals surface area contributed by atoms with Gasteiger partial charge in [-0.05, 0) is 32.8 Å². The molecule has 13 heavy (non-hydrogen) atoms. The van der Waals surface area contributed by atoms with Gasteiger partial charge in [0.2, 0.25) is 5.95 Å². The zero-order chi connectivity index (χ0) is 9.26. The molecule has 0 aliphatic heterocycles. The number of hydrogen-bond acceptors (Lipinski definition) is 3. The van der Waals surface area contributed by atoms with Crippen LogP contribution in [0.3, 0.4) is 0 Å². The molecule has 0 bridgehead atoms. The second kappa shape index (κ2) is 3.32. The molecule has 3 heteroatoms. The van der Waals surface area contributed by atoms with Gasteiger partial charge in [-0.2, -0.15) is 0 Å². The smallest absolute Gasteiger partial charge is 0.223 e. The van der Waals surface area contributed by atoms with E-state index in [4.69, 9.17) is 0 Å². The Morgan fingerprint density at radius 1 is 1.46 bits per heavy atom. The Bertz CT molecular complexity index is 292. The van der Waals surface area contributed by atoms with Crippen LogP contribution in [0.1, 0.15) is 38.3 Å². The van der Waals surface area contributed by atoms with Gasteiger partial charge in [-0.25, -0.2) is 9.97 Å². The Balaban J connectivity index is 2.12. The molecule has 1 aliphatic carbocycles. The van der Waals surface area contributed by atoms with E-state index in [1.54, 1.807) is 0 Å². The van der Waals surface area contributed by atoms with Crippen molar-refractivity contribution >= 4 is 5.95 Å². The highest BCUT2D eigenvalue weighted by Gasteiger charge is 2.25. The lowest BCUT2D eigenvalue weighted by Crippen LogP contribution is -2.12. The zero-order valence-electron chi connectivity index (χ0n) is 8.12. The number of hydrogen-bond donors (Lipinski definition) is 1. The number of rotatable bonds is 3. The second-order valence-electron chi connectivity index (χ2n) is 3.88. The van der Waals surface area contributed by atoms with Crippen molar-refractivity contribution in [3.8, 4) is 0 Å². The highest BCUT2D eigenvalue weighted by molar-refractivity contribution is 5.28. The van der Waals surface area contributed by atoms with Gasteiger partial charge in [0.15, 0.2) is 0 Å². The first-order chi connectivity index (χ1) is 6.25. The van der Waals surface area contributed by atoms with Crippen molar-refractivity contribution in [3.05, 3.63) is 18.0 Å². The fraction of sp³-hybridized carbons (Fsp3) is 0.600. The molecule has 0 aromatic carbocycles. The molecule has 1 aliphatic rings. The molecule has 70 valence electrons. The summed E-state index contributed by atoms with van der Waals surface area (Å²) in [5, 5.41) is 3.21. The third kappa shape index (κ3) is 2.17. The maximum atomic E-state index is 4.45. The predicted octanol–water partition coefficient (Wildman–Crippen LogP) is 2.17. The fourth-order valence-corrected chi connectivity index (χ4v) is 1.31. The van der Waals surface area contributed by atoms with E-state index in [0.717, 1.165) is 5.95 Å². The number of aromatic nitrogens is 2. The number of nitrogens with zero attached hydrogens (tertiary/aromatic N) is 2. The summed E-state index contributed by atoms with van der Waals surface area (Å²) in [7, 11) is 0. The van der Waals surface area contributed by atoms with Gasteiger partial charge in [0.05, 0.1) is 0 Å². The fourth-order valence-electron chi connectivity index (χ4n) is 1.31. The largest absolute Gasteiger partial charge is 0.352 e. The minimum atomic E-state index is 0.398. The maximum Gasteiger partial charge on any atom is 0.223 e. The third-order valence-corrected chi connectivity index (χ3v) is 2.09. The van der Waals surface area contributed by atoms with Crippen molar-refractivity contribution in [3.63, 3.8) is 0 Å². The molecular formula is C10H15N3. The Morgan fingerprint density at radius 2 is 2.23 bits per heavy atom. The lowest BCUT2D eigenvalue weighted by Gasteiger charge is -2.08. The molecule has 1 aromatic heterocycles. The normalized spacial score (nSPS) is 16.2. The van der Waals surface area contributed by atoms with Crippen molar-refractivity contribution in [2.24, 2.45) is 0 Å². The Hall–Kier alpha value is -1.12. The standard InChI is InChI=1S/C10H15N3/c1-7(2)12-10-11-6-5-9(13-10)8-3-4-8/h5-8H,3-4H2,1-2H3,(H,11,12,13). The lowest BCUT2D eigenvalue weighted by molar-refractivity contribution is 0.863. The highest BCUT2D eigenvalue weighted by atomic mass is 15.1. The Labute approximate surface area is 78.6 Å². The van der Waals surface area contributed by atoms with E-state index in [9.17, 15) is 0 Å². The lowest BCUT2D eigenvalue weighted by atomic mass is 10.3. The van der Waals surface area contributed by atoms with Crippen LogP contribution >= 0.6 is 0 Å². The molecular weight excluding hydrogens is 162 g/mol. The van der Waals surface area contributed by atoms with Gasteiger partial charge in [0.1, 0.15) is 0 Å². The van der Waals surface area contributed by atoms with Crippen LogP contribution in [0.5, 0.6) is 0 Å². The Kier molecular flexibility index (Phi) is 2.17. The van der Waals surface area contributed by atoms with Gasteiger partial charge >= 0.3 is 0 Å². The first-order valence-corrected chi connectivity index (χ1v) is 4.85. The van der Waals surface area contributed by atoms with Crippen molar-refractivity contribution in [2.75, 3.05) is 5.32 Å². The SMILES string of the molecule is CC(C)Nc1nccc(C2CC2)n1. The van der Waals surface area contributed by atoms with Crippen molar-refractivity contribution in [2.45, 2.75) is 38.6 Å². The molecule has 1 saturated carbocycles. The molecule has 1 N–H and O–H groups in total. The molecule has 0 atom stereocenters. The van der Waals surface area contributed by atoms with E-state index >= 15 is 0 Å². The first kappa shape index (κ1) is 8.48. The predicted molar refractivity (Wildman–Crippen MR) is 52.8 cm³/mol. The minimum absolute atomic E-state index is 0.398. The van der Waals surface area contributed by atoms with Crippen LogP contribution in [-0.2, 0) is 0 Å². The van der Waals surface area contributed by atoms with E-state index in [1.807, 2.05) is 12.3 Å². The Morgan fingerprint density at radius 3 is 2.85 bits per heavy atom. The number of anilines is 1. The summed E-state index contributed by atoms with van der Waals surface area (Å²) in [6, 6.07) is 2.41. The van der Waals surface area contributed by atoms with E-state index < -0.39 is 0 Å². The van der Waals surface area contributed by atoms with Gasteiger partial charge in [0.25, 0.3) is 0 Å². The van der Waals surface area contributed by atoms with Crippen molar-refractivity contribution in [1.29, 1.82) is 0 Å². The molecule has 0 spiro atoms. The molecule has 3 nitrogen and oxygen atoms in total. The monoisotopic (exact) mass is 177 g/mol. The third-order valence-electron chi connectivity index (χ3n) is 2.09. The van der Waals surface area contributed by atoms with Gasteiger partial charge < -0.3 is 5.32 Å². The summed E-state index contributed by atoms with van der Waals surface area (Å²) in [6.07, 6.45) is 4.42. The van der Waals surface area contributed by atoms with Crippen LogP contribution in [0.4, 0.5) is 5.95 Å². The first-order valence-electron chi connectivity index (χ1n) is 4.85. The summed E-state index contributed by atoms with van der Waals surface area (Å²) in [4.78, 5) is 8.62. The zero-order valence-corrected chi connectivity index (χ0v) is 8.12. The molecule has 1 aromatic rings. The minimum Gasteiger partial charge on any atom is -0.352 e. The van der Waals surface area contributed by atoms with Crippen molar-refractivity contribution < 1.29 is 0 Å². The average molecular weight is 177 g/mol. The molecule has 2 rings (SSSR count). The summed E-state index contributed by atoms with van der Waals surface area (Å²) in [5.41, 5.74) is 1.19. The highest BCUT2D eigenvalue weighted by Crippen LogP contribution is 2.38. The van der Waals surface area contributed by atoms with Crippen LogP contribution in [0.2, 0.25) is 0 Å². The van der Waals surface area contributed by atoms with Gasteiger partial charge in [0, 0.05) is 23.9 Å². The van der Waals surface area contributed by atoms with Crippen LogP contribution in [0.25, 0.3) is 0 Å². The summed E-state index contributed by atoms with van der Waals surface area (Å²) >= 11 is 0. The summed E-state index contributed by atoms with van der Waals surface area (Å²) in [5.74, 6) is 1.47. The molecule has 1 heterocycles. The molecule has 0 amide bonds. The second-order valence-corrected chi connectivity index (χ2v) is 3.88. The molecule has 0 unspecified atom stereocenters. The van der Waals surface area contributed by atoms with Crippen LogP contribution in [-0.4, -0.2) is 16.0 Å². The maximum absolute atomic E-state index is 4.45. The summed E-state index contributed by atoms with van der Waals surface area (Å²) < 4.78 is 0. The molecule has 0 radical (unpaired) electrons. The molecule has 0 saturated heterocycles. The van der Waals surface area contributed by atoms with Gasteiger partial charge in [-0.1, -0.05) is 0 Å². The van der Waals surface area contributed by atoms with E-state index in [-0.39, 0.29) is 0 Å². The van der Waals surface area contributed by atoms with Gasteiger partial charge in [-0.15, -0.1) is 0 Å². The van der Waals surface area contributed by atoms with Crippen LogP contribution < -0.4 is 5.32 Å². The van der Waals surface area contributed by atoms with E-state index in [2.05, 4.69) is 29.1 Å². The average Bonchev–Trinajstić information content (AvgIpc) is 2.85. The topological polar surface area (TPSA) is 37.8 Å². The molecule has 1 fully saturated rings. The summed E-state index contributed by atoms with van der Waals surface area (Å²) in [6.45, 7) is 4.18. The number of nitrogens with one attached hydrogen (secondary N) is 1. The van der Waals surface area contributed by atoms with Crippen LogP contribution in [0, 0.1) is 0 Å². The quantitative estimate of drug-likeness (QED) is 0.769. The van der Waals surface area contributed by atoms with E-state index in [0.29, 0.717) is 12.0 Å². The van der Waals surface area contributed by atoms with E-state index in [1.165, 1.54) is 18.5 Å². The van der Waals surface area contributed by atoms with Crippen LogP contribution in [0.15, 0.2) is 12.3 Å².